The summed E-state index contributed by atoms with van der Waals surface area (Å²) in [4.78, 5) is 28.0. The summed E-state index contributed by atoms with van der Waals surface area (Å²) in [5.74, 6) is -0.261. The summed E-state index contributed by atoms with van der Waals surface area (Å²) < 4.78 is 0. The van der Waals surface area contributed by atoms with Gasteiger partial charge < -0.3 is 16.0 Å². The maximum absolute atomic E-state index is 11.6. The molecule has 1 amide bonds. The number of hydrogen-bond acceptors (Lipinski definition) is 6. The Kier molecular flexibility index (Phi) is 4.69. The van der Waals surface area contributed by atoms with Gasteiger partial charge in [-0.1, -0.05) is 0 Å². The maximum Gasteiger partial charge on any atom is 0.288 e. The minimum absolute atomic E-state index is 0.104. The van der Waals surface area contributed by atoms with Gasteiger partial charge in [-0.2, -0.15) is 0 Å². The van der Waals surface area contributed by atoms with Gasteiger partial charge in [-0.15, -0.1) is 0 Å². The predicted molar refractivity (Wildman–Crippen MR) is 78.3 cm³/mol. The Balaban J connectivity index is 2.41. The summed E-state index contributed by atoms with van der Waals surface area (Å²) in [6.45, 7) is 1.52. The van der Waals surface area contributed by atoms with Gasteiger partial charge in [0.1, 0.15) is 12.0 Å². The number of primary amides is 1. The van der Waals surface area contributed by atoms with E-state index >= 15 is 0 Å². The van der Waals surface area contributed by atoms with Crippen LogP contribution < -0.4 is 16.0 Å². The summed E-state index contributed by atoms with van der Waals surface area (Å²) in [5.41, 5.74) is 5.24. The number of nitrogens with two attached hydrogens (primary N) is 1. The number of pyridine rings is 1. The Morgan fingerprint density at radius 2 is 2.38 bits per heavy atom. The maximum atomic E-state index is 11.6. The summed E-state index contributed by atoms with van der Waals surface area (Å²) >= 11 is 0. The molecule has 0 saturated carbocycles. The third kappa shape index (κ3) is 3.27. The van der Waals surface area contributed by atoms with Crippen molar-refractivity contribution in [2.24, 2.45) is 5.73 Å². The van der Waals surface area contributed by atoms with Gasteiger partial charge in [0.15, 0.2) is 0 Å². The molecule has 8 heteroatoms. The quantitative estimate of drug-likeness (QED) is 0.609. The number of piperidine rings is 1. The first-order valence-corrected chi connectivity index (χ1v) is 6.90. The molecule has 2 heterocycles. The number of nitro groups is 1. The van der Waals surface area contributed by atoms with Crippen molar-refractivity contribution >= 4 is 17.4 Å². The van der Waals surface area contributed by atoms with Gasteiger partial charge in [0.05, 0.1) is 10.5 Å². The largest absolute Gasteiger partial charge is 0.365 e. The van der Waals surface area contributed by atoms with Crippen LogP contribution in [0.15, 0.2) is 12.3 Å². The number of likely N-dealkylation sites (N-methyl/N-ethyl adjacent to an activating group) is 1. The fraction of sp³-hybridized carbons (Fsp3) is 0.538. The fourth-order valence-electron chi connectivity index (χ4n) is 2.68. The van der Waals surface area contributed by atoms with Crippen LogP contribution in [-0.4, -0.2) is 42.0 Å². The minimum Gasteiger partial charge on any atom is -0.365 e. The summed E-state index contributed by atoms with van der Waals surface area (Å²) in [5, 5.41) is 13.9. The zero-order valence-corrected chi connectivity index (χ0v) is 11.9. The SMILES string of the molecule is CNCC1CCCCN1c1ncc([N+](=O)[O-])cc1C(N)=O. The Hall–Kier alpha value is -2.22. The number of aromatic nitrogens is 1. The minimum atomic E-state index is -0.699. The fourth-order valence-corrected chi connectivity index (χ4v) is 2.68. The van der Waals surface area contributed by atoms with Gasteiger partial charge in [-0.05, 0) is 26.3 Å². The van der Waals surface area contributed by atoms with E-state index in [1.165, 1.54) is 12.3 Å². The number of carbonyl (C=O) groups excluding carboxylic acids is 1. The normalized spacial score (nSPS) is 18.5. The zero-order valence-electron chi connectivity index (χ0n) is 11.9. The van der Waals surface area contributed by atoms with Crippen LogP contribution in [0.2, 0.25) is 0 Å². The first kappa shape index (κ1) is 15.2. The van der Waals surface area contributed by atoms with Crippen molar-refractivity contribution in [3.63, 3.8) is 0 Å². The van der Waals surface area contributed by atoms with Crippen molar-refractivity contribution in [2.75, 3.05) is 25.0 Å². The van der Waals surface area contributed by atoms with Crippen LogP contribution >= 0.6 is 0 Å². The Labute approximate surface area is 122 Å². The van der Waals surface area contributed by atoms with E-state index in [9.17, 15) is 14.9 Å². The van der Waals surface area contributed by atoms with Gasteiger partial charge in [-0.3, -0.25) is 14.9 Å². The molecule has 114 valence electrons. The molecule has 0 aliphatic carbocycles. The van der Waals surface area contributed by atoms with Gasteiger partial charge >= 0.3 is 0 Å². The first-order valence-electron chi connectivity index (χ1n) is 6.90. The molecule has 1 saturated heterocycles. The van der Waals surface area contributed by atoms with Gasteiger partial charge in [0.2, 0.25) is 0 Å². The average molecular weight is 293 g/mol. The van der Waals surface area contributed by atoms with Gasteiger partial charge in [0.25, 0.3) is 11.6 Å². The zero-order chi connectivity index (χ0) is 15.4. The molecule has 1 atom stereocenters. The Morgan fingerprint density at radius 1 is 1.62 bits per heavy atom. The van der Waals surface area contributed by atoms with E-state index in [4.69, 9.17) is 5.73 Å². The van der Waals surface area contributed by atoms with E-state index in [1.807, 2.05) is 11.9 Å². The van der Waals surface area contributed by atoms with E-state index in [2.05, 4.69) is 10.3 Å². The Morgan fingerprint density at radius 3 is 3.00 bits per heavy atom. The number of rotatable bonds is 5. The molecular formula is C13H19N5O3. The highest BCUT2D eigenvalue weighted by molar-refractivity contribution is 5.98. The highest BCUT2D eigenvalue weighted by atomic mass is 16.6. The third-order valence-electron chi connectivity index (χ3n) is 3.67. The van der Waals surface area contributed by atoms with E-state index < -0.39 is 10.8 Å². The second-order valence-electron chi connectivity index (χ2n) is 5.09. The van der Waals surface area contributed by atoms with Crippen molar-refractivity contribution in [3.8, 4) is 0 Å². The predicted octanol–water partition coefficient (Wildman–Crippen LogP) is 0.667. The standard InChI is InChI=1S/C13H19N5O3/c1-15-7-9-4-2-3-5-17(9)13-11(12(14)19)6-10(8-16-13)18(20)21/h6,8-9,15H,2-5,7H2,1H3,(H2,14,19). The van der Waals surface area contributed by atoms with Crippen LogP contribution in [0.1, 0.15) is 29.6 Å². The number of nitrogens with zero attached hydrogens (tertiary/aromatic N) is 3. The molecule has 1 aliphatic heterocycles. The molecule has 2 rings (SSSR count). The van der Waals surface area contributed by atoms with Gasteiger partial charge in [-0.25, -0.2) is 4.98 Å². The van der Waals surface area contributed by atoms with E-state index in [1.54, 1.807) is 0 Å². The van der Waals surface area contributed by atoms with Crippen LogP contribution in [0, 0.1) is 10.1 Å². The lowest BCUT2D eigenvalue weighted by atomic mass is 10.0. The number of anilines is 1. The molecule has 8 nitrogen and oxygen atoms in total. The van der Waals surface area contributed by atoms with Gasteiger partial charge in [0, 0.05) is 25.2 Å². The monoisotopic (exact) mass is 293 g/mol. The lowest BCUT2D eigenvalue weighted by molar-refractivity contribution is -0.385. The van der Waals surface area contributed by atoms with Crippen molar-refractivity contribution in [2.45, 2.75) is 25.3 Å². The summed E-state index contributed by atoms with van der Waals surface area (Å²) in [6.07, 6.45) is 4.27. The van der Waals surface area contributed by atoms with Crippen LogP contribution in [0.3, 0.4) is 0 Å². The average Bonchev–Trinajstić information content (AvgIpc) is 2.47. The molecule has 0 spiro atoms. The van der Waals surface area contributed by atoms with Crippen molar-refractivity contribution in [1.29, 1.82) is 0 Å². The second kappa shape index (κ2) is 6.49. The third-order valence-corrected chi connectivity index (χ3v) is 3.67. The second-order valence-corrected chi connectivity index (χ2v) is 5.09. The van der Waals surface area contributed by atoms with E-state index in [0.717, 1.165) is 32.4 Å². The van der Waals surface area contributed by atoms with Crippen LogP contribution in [-0.2, 0) is 0 Å². The molecule has 1 fully saturated rings. The molecule has 0 bridgehead atoms. The van der Waals surface area contributed by atoms with Crippen LogP contribution in [0.25, 0.3) is 0 Å². The molecule has 0 aromatic carbocycles. The van der Waals surface area contributed by atoms with E-state index in [0.29, 0.717) is 5.82 Å². The van der Waals surface area contributed by atoms with Crippen molar-refractivity contribution in [1.82, 2.24) is 10.3 Å². The van der Waals surface area contributed by atoms with Crippen molar-refractivity contribution < 1.29 is 9.72 Å². The number of amides is 1. The molecule has 21 heavy (non-hydrogen) atoms. The molecule has 1 aromatic heterocycles. The first-order chi connectivity index (χ1) is 10.0. The molecule has 1 aromatic rings. The summed E-state index contributed by atoms with van der Waals surface area (Å²) in [6, 6.07) is 1.41. The smallest absolute Gasteiger partial charge is 0.288 e. The van der Waals surface area contributed by atoms with Crippen LogP contribution in [0.5, 0.6) is 0 Å². The lowest BCUT2D eigenvalue weighted by Gasteiger charge is -2.37. The highest BCUT2D eigenvalue weighted by Gasteiger charge is 2.27. The van der Waals surface area contributed by atoms with Crippen LogP contribution in [0.4, 0.5) is 11.5 Å². The molecule has 0 radical (unpaired) electrons. The number of carbonyl (C=O) groups is 1. The summed E-state index contributed by atoms with van der Waals surface area (Å²) in [7, 11) is 1.87. The topological polar surface area (TPSA) is 114 Å². The Bertz CT molecular complexity index is 547. The number of nitrogens with one attached hydrogen (secondary N) is 1. The lowest BCUT2D eigenvalue weighted by Crippen LogP contribution is -2.46. The number of hydrogen-bond donors (Lipinski definition) is 2. The van der Waals surface area contributed by atoms with Crippen molar-refractivity contribution in [3.05, 3.63) is 27.9 Å². The molecule has 3 N–H and O–H groups in total. The molecule has 1 aliphatic rings. The highest BCUT2D eigenvalue weighted by Crippen LogP contribution is 2.28. The van der Waals surface area contributed by atoms with E-state index in [-0.39, 0.29) is 17.3 Å². The molecular weight excluding hydrogens is 274 g/mol. The molecule has 1 unspecified atom stereocenters.